The fourth-order valence-corrected chi connectivity index (χ4v) is 4.61. The Morgan fingerprint density at radius 1 is 1.14 bits per heavy atom. The molecule has 0 heterocycles. The highest BCUT2D eigenvalue weighted by atomic mass is 19.1. The lowest BCUT2D eigenvalue weighted by Gasteiger charge is -2.35. The van der Waals surface area contributed by atoms with E-state index in [-0.39, 0.29) is 5.82 Å². The molecule has 0 aliphatic heterocycles. The van der Waals surface area contributed by atoms with Gasteiger partial charge in [0.2, 0.25) is 0 Å². The van der Waals surface area contributed by atoms with Gasteiger partial charge in [-0.2, -0.15) is 0 Å². The van der Waals surface area contributed by atoms with Gasteiger partial charge in [-0.1, -0.05) is 25.5 Å². The van der Waals surface area contributed by atoms with E-state index in [0.29, 0.717) is 29.5 Å². The molecule has 2 aliphatic rings. The lowest BCUT2D eigenvalue weighted by molar-refractivity contribution is -0.126. The average molecular weight is 288 g/mol. The van der Waals surface area contributed by atoms with Crippen LogP contribution in [0.4, 0.5) is 4.39 Å². The van der Waals surface area contributed by atoms with Gasteiger partial charge in [0.25, 0.3) is 0 Å². The molecular weight excluding hydrogens is 263 g/mol. The third-order valence-electron chi connectivity index (χ3n) is 5.77. The molecule has 4 atom stereocenters. The van der Waals surface area contributed by atoms with Crippen LogP contribution in [0.1, 0.15) is 63.4 Å². The summed E-state index contributed by atoms with van der Waals surface area (Å²) in [6.07, 6.45) is 7.68. The number of benzene rings is 1. The van der Waals surface area contributed by atoms with E-state index in [9.17, 15) is 9.18 Å². The molecule has 0 N–H and O–H groups in total. The van der Waals surface area contributed by atoms with Crippen molar-refractivity contribution in [1.82, 2.24) is 0 Å². The minimum atomic E-state index is -0.150. The Labute approximate surface area is 126 Å². The van der Waals surface area contributed by atoms with E-state index in [1.54, 1.807) is 12.1 Å². The van der Waals surface area contributed by atoms with Crippen LogP contribution in [0, 0.1) is 23.6 Å². The summed E-state index contributed by atoms with van der Waals surface area (Å²) in [5.74, 6) is 2.56. The average Bonchev–Trinajstić information content (AvgIpc) is 2.98. The minimum Gasteiger partial charge on any atom is -0.299 e. The summed E-state index contributed by atoms with van der Waals surface area (Å²) >= 11 is 0. The number of rotatable bonds is 3. The van der Waals surface area contributed by atoms with Crippen molar-refractivity contribution in [2.75, 3.05) is 0 Å². The molecule has 1 aromatic rings. The Morgan fingerprint density at radius 3 is 2.62 bits per heavy atom. The molecule has 2 aliphatic carbocycles. The van der Waals surface area contributed by atoms with E-state index in [4.69, 9.17) is 0 Å². The second-order valence-electron chi connectivity index (χ2n) is 6.86. The summed E-state index contributed by atoms with van der Waals surface area (Å²) in [4.78, 5) is 11.9. The van der Waals surface area contributed by atoms with Gasteiger partial charge in [0.15, 0.2) is 0 Å². The predicted octanol–water partition coefficient (Wildman–Crippen LogP) is 5.10. The van der Waals surface area contributed by atoms with Crippen molar-refractivity contribution < 1.29 is 9.18 Å². The zero-order chi connectivity index (χ0) is 14.8. The molecule has 0 spiro atoms. The Kier molecular flexibility index (Phi) is 4.42. The highest BCUT2D eigenvalue weighted by molar-refractivity contribution is 5.81. The Morgan fingerprint density at radius 2 is 1.90 bits per heavy atom. The summed E-state index contributed by atoms with van der Waals surface area (Å²) in [5, 5.41) is 0. The Balaban J connectivity index is 1.74. The second-order valence-corrected chi connectivity index (χ2v) is 6.86. The van der Waals surface area contributed by atoms with Crippen LogP contribution < -0.4 is 0 Å². The van der Waals surface area contributed by atoms with Crippen molar-refractivity contribution >= 4 is 5.78 Å². The zero-order valence-electron chi connectivity index (χ0n) is 12.9. The van der Waals surface area contributed by atoms with E-state index in [1.165, 1.54) is 24.8 Å². The number of hydrogen-bond donors (Lipinski definition) is 0. The Hall–Kier alpha value is -1.18. The van der Waals surface area contributed by atoms with Gasteiger partial charge in [-0.05, 0) is 67.6 Å². The molecule has 1 unspecified atom stereocenters. The molecule has 3 rings (SSSR count). The lowest BCUT2D eigenvalue weighted by atomic mass is 9.69. The molecule has 1 aromatic carbocycles. The molecule has 0 bridgehead atoms. The number of carbonyl (C=O) groups excluding carboxylic acids is 1. The maximum absolute atomic E-state index is 13.1. The molecule has 0 saturated heterocycles. The van der Waals surface area contributed by atoms with Crippen LogP contribution in [-0.2, 0) is 4.79 Å². The van der Waals surface area contributed by atoms with Crippen LogP contribution in [0.5, 0.6) is 0 Å². The summed E-state index contributed by atoms with van der Waals surface area (Å²) in [6.45, 7) is 2.14. The van der Waals surface area contributed by atoms with Gasteiger partial charge in [-0.15, -0.1) is 0 Å². The van der Waals surface area contributed by atoms with E-state index in [2.05, 4.69) is 6.92 Å². The number of carbonyl (C=O) groups is 1. The van der Waals surface area contributed by atoms with Gasteiger partial charge >= 0.3 is 0 Å². The van der Waals surface area contributed by atoms with Crippen LogP contribution in [0.15, 0.2) is 24.3 Å². The van der Waals surface area contributed by atoms with Crippen LogP contribution in [0.25, 0.3) is 0 Å². The first-order valence-corrected chi connectivity index (χ1v) is 8.47. The van der Waals surface area contributed by atoms with Gasteiger partial charge in [-0.3, -0.25) is 4.79 Å². The summed E-state index contributed by atoms with van der Waals surface area (Å²) < 4.78 is 13.1. The van der Waals surface area contributed by atoms with Crippen LogP contribution in [0.2, 0.25) is 0 Å². The molecule has 2 saturated carbocycles. The Bertz CT molecular complexity index is 493. The van der Waals surface area contributed by atoms with Crippen molar-refractivity contribution in [2.24, 2.45) is 17.8 Å². The highest BCUT2D eigenvalue weighted by Crippen LogP contribution is 2.48. The van der Waals surface area contributed by atoms with Crippen LogP contribution in [0.3, 0.4) is 0 Å². The van der Waals surface area contributed by atoms with E-state index in [1.807, 2.05) is 12.1 Å². The fraction of sp³-hybridized carbons (Fsp3) is 0.632. The van der Waals surface area contributed by atoms with Gasteiger partial charge < -0.3 is 0 Å². The maximum Gasteiger partial charge on any atom is 0.135 e. The molecule has 2 fully saturated rings. The van der Waals surface area contributed by atoms with Gasteiger partial charge in [-0.25, -0.2) is 4.39 Å². The SMILES string of the molecule is CCC1C[C@@H]([C@@H]2CCC[C@H]2c2ccc(F)cc2)CCC1=O. The summed E-state index contributed by atoms with van der Waals surface area (Å²) in [7, 11) is 0. The van der Waals surface area contributed by atoms with Gasteiger partial charge in [0.1, 0.15) is 11.6 Å². The number of hydrogen-bond acceptors (Lipinski definition) is 1. The first-order chi connectivity index (χ1) is 10.2. The van der Waals surface area contributed by atoms with E-state index < -0.39 is 0 Å². The van der Waals surface area contributed by atoms with Crippen LogP contribution >= 0.6 is 0 Å². The number of ketones is 1. The first-order valence-electron chi connectivity index (χ1n) is 8.47. The fourth-order valence-electron chi connectivity index (χ4n) is 4.61. The summed E-state index contributed by atoms with van der Waals surface area (Å²) in [5.41, 5.74) is 1.30. The number of halogens is 1. The van der Waals surface area contributed by atoms with Crippen molar-refractivity contribution in [3.8, 4) is 0 Å². The monoisotopic (exact) mass is 288 g/mol. The van der Waals surface area contributed by atoms with Crippen molar-refractivity contribution in [3.05, 3.63) is 35.6 Å². The van der Waals surface area contributed by atoms with Gasteiger partial charge in [0, 0.05) is 12.3 Å². The molecule has 1 nitrogen and oxygen atoms in total. The van der Waals surface area contributed by atoms with E-state index >= 15 is 0 Å². The van der Waals surface area contributed by atoms with E-state index in [0.717, 1.165) is 25.7 Å². The normalized spacial score (nSPS) is 33.3. The molecule has 2 heteroatoms. The largest absolute Gasteiger partial charge is 0.299 e. The van der Waals surface area contributed by atoms with Gasteiger partial charge in [0.05, 0.1) is 0 Å². The molecule has 0 amide bonds. The minimum absolute atomic E-state index is 0.150. The molecule has 0 aromatic heterocycles. The number of Topliss-reactive ketones (excluding diaryl/α,β-unsaturated/α-hetero) is 1. The molecule has 21 heavy (non-hydrogen) atoms. The molecule has 0 radical (unpaired) electrons. The maximum atomic E-state index is 13.1. The van der Waals surface area contributed by atoms with Crippen molar-refractivity contribution in [2.45, 2.75) is 57.8 Å². The predicted molar refractivity (Wildman–Crippen MR) is 82.6 cm³/mol. The third kappa shape index (κ3) is 3.04. The standard InChI is InChI=1S/C19H25FO/c1-2-13-12-15(8-11-19(13)21)18-5-3-4-17(18)14-6-9-16(20)10-7-14/h6-7,9-10,13,15,17-18H,2-5,8,11-12H2,1H3/t13?,15-,17-,18-/m0/s1. The smallest absolute Gasteiger partial charge is 0.135 e. The van der Waals surface area contributed by atoms with Crippen molar-refractivity contribution in [1.29, 1.82) is 0 Å². The first kappa shape index (κ1) is 14.7. The molecular formula is C19H25FO. The third-order valence-corrected chi connectivity index (χ3v) is 5.77. The topological polar surface area (TPSA) is 17.1 Å². The quantitative estimate of drug-likeness (QED) is 0.755. The van der Waals surface area contributed by atoms with Crippen molar-refractivity contribution in [3.63, 3.8) is 0 Å². The highest BCUT2D eigenvalue weighted by Gasteiger charge is 2.38. The molecule has 114 valence electrons. The second kappa shape index (κ2) is 6.29. The zero-order valence-corrected chi connectivity index (χ0v) is 12.9. The summed E-state index contributed by atoms with van der Waals surface area (Å²) in [6, 6.07) is 7.10. The lowest BCUT2D eigenvalue weighted by Crippen LogP contribution is -2.29. The van der Waals surface area contributed by atoms with Crippen LogP contribution in [-0.4, -0.2) is 5.78 Å².